The normalized spacial score (nSPS) is 11.4. The van der Waals surface area contributed by atoms with E-state index >= 15 is 0 Å². The van der Waals surface area contributed by atoms with Gasteiger partial charge < -0.3 is 47.4 Å². The Morgan fingerprint density at radius 2 is 0.825 bits per heavy atom. The van der Waals surface area contributed by atoms with Crippen LogP contribution in [0.1, 0.15) is 13.8 Å². The Labute approximate surface area is 237 Å². The van der Waals surface area contributed by atoms with Crippen molar-refractivity contribution in [3.63, 3.8) is 0 Å². The molecule has 1 aromatic carbocycles. The molecule has 0 N–H and O–H groups in total. The Balaban J connectivity index is 1.68. The van der Waals surface area contributed by atoms with Crippen molar-refractivity contribution in [2.24, 2.45) is 0 Å². The molecule has 0 unspecified atom stereocenters. The summed E-state index contributed by atoms with van der Waals surface area (Å²) in [6.07, 6.45) is 0.226. The summed E-state index contributed by atoms with van der Waals surface area (Å²) in [6, 6.07) is 5.91. The molecule has 0 atom stereocenters. The third-order valence-electron chi connectivity index (χ3n) is 4.83. The van der Waals surface area contributed by atoms with E-state index in [1.54, 1.807) is 12.1 Å². The summed E-state index contributed by atoms with van der Waals surface area (Å²) in [6.45, 7) is 12.9. The van der Waals surface area contributed by atoms with Crippen molar-refractivity contribution in [3.8, 4) is 5.75 Å². The van der Waals surface area contributed by atoms with Crippen LogP contribution in [-0.4, -0.2) is 130 Å². The van der Waals surface area contributed by atoms with Gasteiger partial charge in [0, 0.05) is 12.1 Å². The number of non-ortho nitro benzene ring substituents is 1. The lowest BCUT2D eigenvalue weighted by atomic mass is 10.3. The SMILES string of the molecule is CC(C)OCCOCCOCCOCCOCCOCCOCCOCCOCCOc1ccc([N+](=O)[O-])cc1. The van der Waals surface area contributed by atoms with Crippen LogP contribution in [0.4, 0.5) is 5.69 Å². The van der Waals surface area contributed by atoms with Crippen molar-refractivity contribution in [1.29, 1.82) is 0 Å². The predicted molar refractivity (Wildman–Crippen MR) is 146 cm³/mol. The Bertz CT molecular complexity index is 693. The Morgan fingerprint density at radius 3 is 1.12 bits per heavy atom. The van der Waals surface area contributed by atoms with E-state index in [1.165, 1.54) is 12.1 Å². The average Bonchev–Trinajstić information content (AvgIpc) is 2.94. The minimum atomic E-state index is -0.451. The third-order valence-corrected chi connectivity index (χ3v) is 4.83. The summed E-state index contributed by atoms with van der Waals surface area (Å²) in [5.74, 6) is 0.559. The highest BCUT2D eigenvalue weighted by molar-refractivity contribution is 5.35. The second-order valence-electron chi connectivity index (χ2n) is 8.42. The summed E-state index contributed by atoms with van der Waals surface area (Å²) in [5.41, 5.74) is 0.0279. The van der Waals surface area contributed by atoms with E-state index in [0.717, 1.165) is 0 Å². The standard InChI is InChI=1S/C27H47NO12/c1-25(2)39-23-21-37-19-17-35-15-13-33-11-9-31-7-8-32-10-12-34-14-16-36-18-20-38-22-24-40-27-5-3-26(4-6-27)28(29)30/h3-6,25H,7-24H2,1-2H3. The zero-order chi connectivity index (χ0) is 28.9. The second kappa shape index (κ2) is 27.2. The van der Waals surface area contributed by atoms with E-state index in [9.17, 15) is 10.1 Å². The van der Waals surface area contributed by atoms with Crippen molar-refractivity contribution < 1.29 is 52.3 Å². The van der Waals surface area contributed by atoms with Gasteiger partial charge in [0.1, 0.15) is 12.4 Å². The first-order valence-electron chi connectivity index (χ1n) is 13.7. The number of ether oxygens (including phenoxy) is 10. The predicted octanol–water partition coefficient (Wildman–Crippen LogP) is 2.53. The molecule has 1 aromatic rings. The molecule has 0 saturated carbocycles. The minimum absolute atomic E-state index is 0.0279. The first kappa shape index (κ1) is 36.1. The number of benzene rings is 1. The van der Waals surface area contributed by atoms with E-state index in [2.05, 4.69) is 0 Å². The Kier molecular flexibility index (Phi) is 24.6. The molecule has 0 spiro atoms. The zero-order valence-corrected chi connectivity index (χ0v) is 24.0. The molecule has 0 radical (unpaired) electrons. The average molecular weight is 578 g/mol. The fourth-order valence-corrected chi connectivity index (χ4v) is 2.87. The van der Waals surface area contributed by atoms with Crippen LogP contribution in [0.3, 0.4) is 0 Å². The van der Waals surface area contributed by atoms with E-state index < -0.39 is 4.92 Å². The highest BCUT2D eigenvalue weighted by Gasteiger charge is 2.04. The van der Waals surface area contributed by atoms with Crippen LogP contribution >= 0.6 is 0 Å². The molecule has 0 heterocycles. The van der Waals surface area contributed by atoms with Gasteiger partial charge in [0.15, 0.2) is 0 Å². The molecule has 13 nitrogen and oxygen atoms in total. The molecular formula is C27H47NO12. The molecule has 0 fully saturated rings. The van der Waals surface area contributed by atoms with E-state index in [4.69, 9.17) is 47.4 Å². The summed E-state index contributed by atoms with van der Waals surface area (Å²) in [4.78, 5) is 10.2. The van der Waals surface area contributed by atoms with E-state index in [0.29, 0.717) is 125 Å². The first-order chi connectivity index (χ1) is 19.6. The van der Waals surface area contributed by atoms with Gasteiger partial charge in [-0.05, 0) is 26.0 Å². The van der Waals surface area contributed by atoms with E-state index in [-0.39, 0.29) is 11.8 Å². The molecule has 0 amide bonds. The number of nitro benzene ring substituents is 1. The minimum Gasteiger partial charge on any atom is -0.491 e. The quantitative estimate of drug-likeness (QED) is 0.0755. The van der Waals surface area contributed by atoms with Crippen LogP contribution in [0.5, 0.6) is 5.75 Å². The van der Waals surface area contributed by atoms with Crippen LogP contribution in [0.2, 0.25) is 0 Å². The lowest BCUT2D eigenvalue weighted by Crippen LogP contribution is -2.15. The van der Waals surface area contributed by atoms with E-state index in [1.807, 2.05) is 13.8 Å². The highest BCUT2D eigenvalue weighted by atomic mass is 16.6. The van der Waals surface area contributed by atoms with Gasteiger partial charge in [0.2, 0.25) is 0 Å². The fourth-order valence-electron chi connectivity index (χ4n) is 2.87. The molecule has 0 aliphatic heterocycles. The molecule has 0 aliphatic rings. The van der Waals surface area contributed by atoms with Crippen LogP contribution in [0, 0.1) is 10.1 Å². The first-order valence-corrected chi connectivity index (χ1v) is 13.7. The molecule has 13 heteroatoms. The van der Waals surface area contributed by atoms with Crippen molar-refractivity contribution in [2.75, 3.05) is 119 Å². The van der Waals surface area contributed by atoms with Crippen LogP contribution in [0.15, 0.2) is 24.3 Å². The van der Waals surface area contributed by atoms with Gasteiger partial charge in [-0.3, -0.25) is 10.1 Å². The maximum atomic E-state index is 10.6. The number of nitrogens with zero attached hydrogens (tertiary/aromatic N) is 1. The smallest absolute Gasteiger partial charge is 0.269 e. The molecule has 0 aliphatic carbocycles. The van der Waals surface area contributed by atoms with Gasteiger partial charge >= 0.3 is 0 Å². The van der Waals surface area contributed by atoms with Crippen molar-refractivity contribution >= 4 is 5.69 Å². The van der Waals surface area contributed by atoms with Crippen molar-refractivity contribution in [3.05, 3.63) is 34.4 Å². The summed E-state index contributed by atoms with van der Waals surface area (Å²) < 4.78 is 54.3. The molecule has 0 aromatic heterocycles. The number of hydrogen-bond donors (Lipinski definition) is 0. The lowest BCUT2D eigenvalue weighted by molar-refractivity contribution is -0.384. The third kappa shape index (κ3) is 23.9. The summed E-state index contributed by atoms with van der Waals surface area (Å²) in [5, 5.41) is 10.6. The summed E-state index contributed by atoms with van der Waals surface area (Å²) >= 11 is 0. The monoisotopic (exact) mass is 577 g/mol. The summed E-state index contributed by atoms with van der Waals surface area (Å²) in [7, 11) is 0. The zero-order valence-electron chi connectivity index (χ0n) is 24.0. The molecular weight excluding hydrogens is 530 g/mol. The topological polar surface area (TPSA) is 135 Å². The lowest BCUT2D eigenvalue weighted by Gasteiger charge is -2.09. The number of nitro groups is 1. The Hall–Kier alpha value is -1.94. The maximum Gasteiger partial charge on any atom is 0.269 e. The number of rotatable bonds is 30. The van der Waals surface area contributed by atoms with Crippen molar-refractivity contribution in [2.45, 2.75) is 20.0 Å². The fraction of sp³-hybridized carbons (Fsp3) is 0.778. The van der Waals surface area contributed by atoms with Gasteiger partial charge in [-0.1, -0.05) is 0 Å². The molecule has 0 saturated heterocycles. The number of hydrogen-bond acceptors (Lipinski definition) is 12. The second-order valence-corrected chi connectivity index (χ2v) is 8.42. The largest absolute Gasteiger partial charge is 0.491 e. The van der Waals surface area contributed by atoms with Crippen LogP contribution in [-0.2, 0) is 42.6 Å². The van der Waals surface area contributed by atoms with Gasteiger partial charge in [-0.25, -0.2) is 0 Å². The Morgan fingerprint density at radius 1 is 0.525 bits per heavy atom. The van der Waals surface area contributed by atoms with Gasteiger partial charge in [0.25, 0.3) is 5.69 Å². The van der Waals surface area contributed by atoms with Crippen LogP contribution in [0.25, 0.3) is 0 Å². The highest BCUT2D eigenvalue weighted by Crippen LogP contribution is 2.17. The van der Waals surface area contributed by atoms with Crippen molar-refractivity contribution in [1.82, 2.24) is 0 Å². The van der Waals surface area contributed by atoms with Gasteiger partial charge in [-0.15, -0.1) is 0 Å². The molecule has 1 rings (SSSR count). The molecule has 0 bridgehead atoms. The maximum absolute atomic E-state index is 10.6. The molecule has 232 valence electrons. The van der Waals surface area contributed by atoms with Gasteiger partial charge in [-0.2, -0.15) is 0 Å². The van der Waals surface area contributed by atoms with Gasteiger partial charge in [0.05, 0.1) is 123 Å². The van der Waals surface area contributed by atoms with Crippen LogP contribution < -0.4 is 4.74 Å². The molecule has 40 heavy (non-hydrogen) atoms.